The van der Waals surface area contributed by atoms with E-state index in [1.54, 1.807) is 0 Å². The average Bonchev–Trinajstić information content (AvgIpc) is 3.34. The third-order valence-corrected chi connectivity index (χ3v) is 5.12. The molecule has 4 heteroatoms. The van der Waals surface area contributed by atoms with Crippen molar-refractivity contribution in [3.05, 3.63) is 29.8 Å². The van der Waals surface area contributed by atoms with E-state index >= 15 is 0 Å². The maximum atomic E-state index is 12.6. The highest BCUT2D eigenvalue weighted by molar-refractivity contribution is 6.13. The Balaban J connectivity index is 1.60. The van der Waals surface area contributed by atoms with Crippen LogP contribution in [0.1, 0.15) is 56.9 Å². The van der Waals surface area contributed by atoms with E-state index in [1.165, 1.54) is 25.7 Å². The molecule has 0 aliphatic heterocycles. The summed E-state index contributed by atoms with van der Waals surface area (Å²) in [5.74, 6) is -0.235. The first-order valence-electron chi connectivity index (χ1n) is 8.79. The van der Waals surface area contributed by atoms with Crippen molar-refractivity contribution in [1.82, 2.24) is 5.32 Å². The highest BCUT2D eigenvalue weighted by Gasteiger charge is 2.56. The van der Waals surface area contributed by atoms with Crippen LogP contribution in [0.15, 0.2) is 24.3 Å². The molecule has 2 fully saturated rings. The SMILES string of the molecule is Cc1ccc(NC(=O)C2(C(=O)NC3CCCCCC3)CC2)cc1. The van der Waals surface area contributed by atoms with Crippen molar-refractivity contribution in [2.75, 3.05) is 5.32 Å². The minimum atomic E-state index is -0.836. The van der Waals surface area contributed by atoms with Crippen LogP contribution in [-0.2, 0) is 9.59 Å². The van der Waals surface area contributed by atoms with Gasteiger partial charge >= 0.3 is 0 Å². The van der Waals surface area contributed by atoms with Gasteiger partial charge in [-0.05, 0) is 44.7 Å². The number of aryl methyl sites for hydroxylation is 1. The number of carbonyl (C=O) groups is 2. The predicted molar refractivity (Wildman–Crippen MR) is 91.1 cm³/mol. The Labute approximate surface area is 138 Å². The fraction of sp³-hybridized carbons (Fsp3) is 0.579. The Bertz CT molecular complexity index is 568. The summed E-state index contributed by atoms with van der Waals surface area (Å²) >= 11 is 0. The van der Waals surface area contributed by atoms with E-state index in [0.717, 1.165) is 24.1 Å². The van der Waals surface area contributed by atoms with Crippen LogP contribution < -0.4 is 10.6 Å². The first kappa shape index (κ1) is 16.0. The molecule has 2 aliphatic rings. The average molecular weight is 314 g/mol. The molecule has 4 nitrogen and oxygen atoms in total. The van der Waals surface area contributed by atoms with Crippen LogP contribution in [0.4, 0.5) is 5.69 Å². The molecule has 0 unspecified atom stereocenters. The summed E-state index contributed by atoms with van der Waals surface area (Å²) in [6, 6.07) is 7.93. The molecule has 0 heterocycles. The Morgan fingerprint density at radius 3 is 2.13 bits per heavy atom. The summed E-state index contributed by atoms with van der Waals surface area (Å²) in [6.07, 6.45) is 8.26. The standard InChI is InChI=1S/C19H26N2O2/c1-14-8-10-16(11-9-14)21-18(23)19(12-13-19)17(22)20-15-6-4-2-3-5-7-15/h8-11,15H,2-7,12-13H2,1H3,(H,20,22)(H,21,23). The van der Waals surface area contributed by atoms with Gasteiger partial charge in [-0.1, -0.05) is 43.4 Å². The molecule has 0 radical (unpaired) electrons. The van der Waals surface area contributed by atoms with Gasteiger partial charge in [0.25, 0.3) is 0 Å². The number of nitrogens with one attached hydrogen (secondary N) is 2. The number of carbonyl (C=O) groups excluding carboxylic acids is 2. The molecule has 1 aromatic rings. The number of amides is 2. The second-order valence-corrected chi connectivity index (χ2v) is 7.06. The molecule has 2 saturated carbocycles. The van der Waals surface area contributed by atoms with Crippen LogP contribution in [0.5, 0.6) is 0 Å². The quantitative estimate of drug-likeness (QED) is 0.659. The van der Waals surface area contributed by atoms with Gasteiger partial charge in [0, 0.05) is 11.7 Å². The zero-order valence-corrected chi connectivity index (χ0v) is 13.9. The lowest BCUT2D eigenvalue weighted by molar-refractivity contribution is -0.134. The molecule has 2 aliphatic carbocycles. The largest absolute Gasteiger partial charge is 0.352 e. The van der Waals surface area contributed by atoms with Gasteiger partial charge in [0.15, 0.2) is 0 Å². The minimum absolute atomic E-state index is 0.0750. The van der Waals surface area contributed by atoms with Crippen LogP contribution in [0.25, 0.3) is 0 Å². The second kappa shape index (κ2) is 6.73. The minimum Gasteiger partial charge on any atom is -0.352 e. The molecule has 1 aromatic carbocycles. The monoisotopic (exact) mass is 314 g/mol. The van der Waals surface area contributed by atoms with Crippen molar-refractivity contribution in [2.24, 2.45) is 5.41 Å². The van der Waals surface area contributed by atoms with Crippen molar-refractivity contribution in [2.45, 2.75) is 64.3 Å². The lowest BCUT2D eigenvalue weighted by Gasteiger charge is -2.21. The Morgan fingerprint density at radius 2 is 1.57 bits per heavy atom. The van der Waals surface area contributed by atoms with Gasteiger partial charge in [-0.25, -0.2) is 0 Å². The molecule has 3 rings (SSSR count). The zero-order valence-electron chi connectivity index (χ0n) is 13.9. The predicted octanol–water partition coefficient (Wildman–Crippen LogP) is 3.55. The Morgan fingerprint density at radius 1 is 0.957 bits per heavy atom. The maximum Gasteiger partial charge on any atom is 0.240 e. The van der Waals surface area contributed by atoms with Crippen LogP contribution >= 0.6 is 0 Å². The van der Waals surface area contributed by atoms with Gasteiger partial charge in [-0.3, -0.25) is 9.59 Å². The van der Waals surface area contributed by atoms with E-state index in [2.05, 4.69) is 10.6 Å². The molecule has 2 amide bonds. The molecule has 0 saturated heterocycles. The van der Waals surface area contributed by atoms with Crippen molar-refractivity contribution in [3.63, 3.8) is 0 Å². The van der Waals surface area contributed by atoms with Gasteiger partial charge in [-0.2, -0.15) is 0 Å². The fourth-order valence-electron chi connectivity index (χ4n) is 3.32. The van der Waals surface area contributed by atoms with E-state index in [4.69, 9.17) is 0 Å². The van der Waals surface area contributed by atoms with Crippen LogP contribution in [0, 0.1) is 12.3 Å². The van der Waals surface area contributed by atoms with E-state index in [1.807, 2.05) is 31.2 Å². The van der Waals surface area contributed by atoms with Crippen LogP contribution in [0.3, 0.4) is 0 Å². The first-order chi connectivity index (χ1) is 11.1. The van der Waals surface area contributed by atoms with Crippen molar-refractivity contribution in [3.8, 4) is 0 Å². The summed E-state index contributed by atoms with van der Waals surface area (Å²) in [4.78, 5) is 25.2. The molecular formula is C19H26N2O2. The lowest BCUT2D eigenvalue weighted by Crippen LogP contribution is -2.44. The van der Waals surface area contributed by atoms with Crippen molar-refractivity contribution >= 4 is 17.5 Å². The summed E-state index contributed by atoms with van der Waals surface area (Å²) in [5.41, 5.74) is 1.07. The van der Waals surface area contributed by atoms with Gasteiger partial charge in [0.1, 0.15) is 5.41 Å². The molecule has 0 atom stereocenters. The third-order valence-electron chi connectivity index (χ3n) is 5.12. The van der Waals surface area contributed by atoms with Crippen LogP contribution in [-0.4, -0.2) is 17.9 Å². The maximum absolute atomic E-state index is 12.6. The summed E-state index contributed by atoms with van der Waals surface area (Å²) in [7, 11) is 0. The molecular weight excluding hydrogens is 288 g/mol. The molecule has 23 heavy (non-hydrogen) atoms. The van der Waals surface area contributed by atoms with Crippen molar-refractivity contribution in [1.29, 1.82) is 0 Å². The molecule has 0 aromatic heterocycles. The molecule has 0 bridgehead atoms. The van der Waals surface area contributed by atoms with E-state index < -0.39 is 5.41 Å². The fourth-order valence-corrected chi connectivity index (χ4v) is 3.32. The normalized spacial score (nSPS) is 20.4. The van der Waals surface area contributed by atoms with Gasteiger partial charge in [0.2, 0.25) is 11.8 Å². The number of anilines is 1. The van der Waals surface area contributed by atoms with E-state index in [9.17, 15) is 9.59 Å². The van der Waals surface area contributed by atoms with Gasteiger partial charge in [-0.15, -0.1) is 0 Å². The number of hydrogen-bond acceptors (Lipinski definition) is 2. The second-order valence-electron chi connectivity index (χ2n) is 7.06. The highest BCUT2D eigenvalue weighted by Crippen LogP contribution is 2.47. The summed E-state index contributed by atoms with van der Waals surface area (Å²) < 4.78 is 0. The molecule has 124 valence electrons. The van der Waals surface area contributed by atoms with E-state index in [-0.39, 0.29) is 17.9 Å². The van der Waals surface area contributed by atoms with E-state index in [0.29, 0.717) is 12.8 Å². The number of rotatable bonds is 4. The van der Waals surface area contributed by atoms with Gasteiger partial charge < -0.3 is 10.6 Å². The van der Waals surface area contributed by atoms with Crippen molar-refractivity contribution < 1.29 is 9.59 Å². The number of hydrogen-bond donors (Lipinski definition) is 2. The summed E-state index contributed by atoms with van der Waals surface area (Å²) in [5, 5.41) is 6.04. The lowest BCUT2D eigenvalue weighted by atomic mass is 10.0. The topological polar surface area (TPSA) is 58.2 Å². The highest BCUT2D eigenvalue weighted by atomic mass is 16.2. The third kappa shape index (κ3) is 3.74. The Kier molecular flexibility index (Phi) is 4.69. The smallest absolute Gasteiger partial charge is 0.240 e. The number of benzene rings is 1. The van der Waals surface area contributed by atoms with Crippen LogP contribution in [0.2, 0.25) is 0 Å². The summed E-state index contributed by atoms with van der Waals surface area (Å²) in [6.45, 7) is 2.01. The Hall–Kier alpha value is -1.84. The first-order valence-corrected chi connectivity index (χ1v) is 8.79. The zero-order chi connectivity index (χ0) is 16.3. The van der Waals surface area contributed by atoms with Gasteiger partial charge in [0.05, 0.1) is 0 Å². The molecule has 0 spiro atoms. The molecule has 2 N–H and O–H groups in total.